The molecule has 0 saturated heterocycles. The van der Waals surface area contributed by atoms with E-state index in [0.717, 1.165) is 0 Å². The number of ether oxygens (including phenoxy) is 2. The van der Waals surface area contributed by atoms with E-state index in [1.165, 1.54) is 62.7 Å². The van der Waals surface area contributed by atoms with E-state index < -0.39 is 31.6 Å². The lowest BCUT2D eigenvalue weighted by Gasteiger charge is -2.28. The van der Waals surface area contributed by atoms with Crippen LogP contribution in [0.25, 0.3) is 10.8 Å². The number of rotatable bonds is 15. The first-order chi connectivity index (χ1) is 20.0. The molecule has 236 valence electrons. The number of phosphoric ester groups is 1. The Morgan fingerprint density at radius 3 is 2.53 bits per heavy atom. The molecule has 3 aromatic rings. The van der Waals surface area contributed by atoms with Gasteiger partial charge in [0, 0.05) is 39.3 Å². The number of amides is 2. The van der Waals surface area contributed by atoms with Gasteiger partial charge in [0.15, 0.2) is 0 Å². The lowest BCUT2D eigenvalue weighted by Crippen LogP contribution is -2.44. The summed E-state index contributed by atoms with van der Waals surface area (Å²) in [6.45, 7) is -0.543. The Morgan fingerprint density at radius 1 is 1.07 bits per heavy atom. The van der Waals surface area contributed by atoms with Crippen molar-refractivity contribution < 1.29 is 46.0 Å². The molecule has 3 rings (SSSR count). The maximum absolute atomic E-state index is 13.8. The molecule has 0 saturated carbocycles. The number of carbonyl (C=O) groups is 2. The van der Waals surface area contributed by atoms with Crippen LogP contribution >= 0.6 is 19.4 Å². The van der Waals surface area contributed by atoms with Crippen LogP contribution in [0.3, 0.4) is 0 Å². The zero-order valence-electron chi connectivity index (χ0n) is 23.2. The third kappa shape index (κ3) is 10.8. The standard InChI is InChI=1S/C27H31ClF2N3O8P.CH4/c1-33(25(34)10-8-18-5-4-6-23(30)26(18)28)22(16-39-11-12-41-42(36,37-2)38-3)17-40-27(35)32-24-14-20-13-21(29)9-7-19(20)15-31-24;/h4-7,9,13-15,22H,8,10-12,16-17H2,1-3H3,(H,31,32,35);1H4/t22-;/m0./s1. The maximum Gasteiger partial charge on any atom is 0.474 e. The van der Waals surface area contributed by atoms with Gasteiger partial charge < -0.3 is 14.4 Å². The molecule has 0 unspecified atom stereocenters. The van der Waals surface area contributed by atoms with E-state index >= 15 is 0 Å². The lowest BCUT2D eigenvalue weighted by atomic mass is 10.1. The fraction of sp³-hybridized carbons (Fsp3) is 0.393. The van der Waals surface area contributed by atoms with Crippen molar-refractivity contribution in [1.29, 1.82) is 0 Å². The first kappa shape index (κ1) is 36.0. The normalized spacial score (nSPS) is 12.0. The van der Waals surface area contributed by atoms with Gasteiger partial charge in [0.2, 0.25) is 5.91 Å². The van der Waals surface area contributed by atoms with Crippen molar-refractivity contribution in [2.45, 2.75) is 26.3 Å². The van der Waals surface area contributed by atoms with Crippen LogP contribution in [0.2, 0.25) is 5.02 Å². The molecule has 0 radical (unpaired) electrons. The fourth-order valence-electron chi connectivity index (χ4n) is 3.73. The van der Waals surface area contributed by atoms with Gasteiger partial charge in [0.1, 0.15) is 24.1 Å². The zero-order valence-corrected chi connectivity index (χ0v) is 24.8. The summed E-state index contributed by atoms with van der Waals surface area (Å²) in [6.07, 6.45) is 0.792. The monoisotopic (exact) mass is 645 g/mol. The SMILES string of the molecule is C.COP(=O)(OC)OCCOC[C@@H](COC(=O)Nc1cc2cc(F)ccc2cn1)N(C)C(=O)CCc1cccc(F)c1Cl. The van der Waals surface area contributed by atoms with Crippen molar-refractivity contribution in [2.24, 2.45) is 0 Å². The highest BCUT2D eigenvalue weighted by Crippen LogP contribution is 2.47. The Hall–Kier alpha value is -3.19. The van der Waals surface area contributed by atoms with E-state index in [2.05, 4.69) is 19.3 Å². The van der Waals surface area contributed by atoms with Crippen molar-refractivity contribution in [3.05, 3.63) is 70.9 Å². The van der Waals surface area contributed by atoms with Crippen molar-refractivity contribution in [3.8, 4) is 0 Å². The van der Waals surface area contributed by atoms with Crippen LogP contribution in [-0.2, 0) is 38.8 Å². The molecule has 1 N–H and O–H groups in total. The van der Waals surface area contributed by atoms with Crippen LogP contribution in [0.15, 0.2) is 48.7 Å². The van der Waals surface area contributed by atoms with E-state index in [0.29, 0.717) is 16.3 Å². The van der Waals surface area contributed by atoms with E-state index in [1.54, 1.807) is 12.1 Å². The number of phosphoric acid groups is 1. The van der Waals surface area contributed by atoms with Crippen LogP contribution in [-0.4, -0.2) is 75.6 Å². The van der Waals surface area contributed by atoms with Crippen molar-refractivity contribution >= 4 is 48.0 Å². The first-order valence-corrected chi connectivity index (χ1v) is 14.5. The van der Waals surface area contributed by atoms with Gasteiger partial charge in [-0.1, -0.05) is 31.2 Å². The summed E-state index contributed by atoms with van der Waals surface area (Å²) >= 11 is 6.00. The fourth-order valence-corrected chi connectivity index (χ4v) is 4.61. The Morgan fingerprint density at radius 2 is 1.81 bits per heavy atom. The minimum absolute atomic E-state index is 0. The van der Waals surface area contributed by atoms with Gasteiger partial charge in [-0.05, 0) is 47.7 Å². The topological polar surface area (TPSA) is 126 Å². The van der Waals surface area contributed by atoms with Crippen molar-refractivity contribution in [1.82, 2.24) is 9.88 Å². The minimum atomic E-state index is -3.69. The first-order valence-electron chi connectivity index (χ1n) is 12.7. The summed E-state index contributed by atoms with van der Waals surface area (Å²) < 4.78 is 64.7. The zero-order chi connectivity index (χ0) is 30.7. The third-order valence-electron chi connectivity index (χ3n) is 6.14. The van der Waals surface area contributed by atoms with E-state index in [9.17, 15) is 22.9 Å². The van der Waals surface area contributed by atoms with E-state index in [-0.39, 0.29) is 63.4 Å². The molecule has 2 amide bonds. The minimum Gasteiger partial charge on any atom is -0.447 e. The summed E-state index contributed by atoms with van der Waals surface area (Å²) in [4.78, 5) is 31.0. The Balaban J connectivity index is 0.00000645. The molecule has 11 nitrogen and oxygen atoms in total. The molecule has 0 spiro atoms. The summed E-state index contributed by atoms with van der Waals surface area (Å²) in [5.74, 6) is -1.22. The summed E-state index contributed by atoms with van der Waals surface area (Å²) in [6, 6.07) is 9.27. The quantitative estimate of drug-likeness (QED) is 0.151. The molecule has 0 aliphatic heterocycles. The molecular formula is C28H35ClF2N3O8P. The number of aromatic nitrogens is 1. The highest BCUT2D eigenvalue weighted by Gasteiger charge is 2.24. The second-order valence-corrected chi connectivity index (χ2v) is 11.1. The van der Waals surface area contributed by atoms with Crippen LogP contribution in [0.5, 0.6) is 0 Å². The van der Waals surface area contributed by atoms with Gasteiger partial charge in [-0.15, -0.1) is 0 Å². The number of carbonyl (C=O) groups excluding carboxylic acids is 2. The largest absolute Gasteiger partial charge is 0.474 e. The molecule has 0 fully saturated rings. The summed E-state index contributed by atoms with van der Waals surface area (Å²) in [7, 11) is 0.162. The second kappa shape index (κ2) is 17.2. The lowest BCUT2D eigenvalue weighted by molar-refractivity contribution is -0.134. The van der Waals surface area contributed by atoms with Crippen molar-refractivity contribution in [3.63, 3.8) is 0 Å². The van der Waals surface area contributed by atoms with E-state index in [1.807, 2.05) is 0 Å². The predicted octanol–water partition coefficient (Wildman–Crippen LogP) is 6.24. The second-order valence-electron chi connectivity index (χ2n) is 8.88. The number of hydrogen-bond acceptors (Lipinski definition) is 9. The van der Waals surface area contributed by atoms with Crippen LogP contribution in [0.4, 0.5) is 19.4 Å². The van der Waals surface area contributed by atoms with Crippen molar-refractivity contribution in [2.75, 3.05) is 53.0 Å². The number of anilines is 1. The Bertz CT molecular complexity index is 1430. The Labute approximate surface area is 254 Å². The molecule has 15 heteroatoms. The average molecular weight is 646 g/mol. The number of hydrogen-bond donors (Lipinski definition) is 1. The molecule has 0 bridgehead atoms. The maximum atomic E-state index is 13.8. The van der Waals surface area contributed by atoms with E-state index in [4.69, 9.17) is 25.6 Å². The molecule has 0 aliphatic rings. The number of pyridine rings is 1. The van der Waals surface area contributed by atoms with Gasteiger partial charge in [-0.3, -0.25) is 23.7 Å². The number of likely N-dealkylation sites (N-methyl/N-ethyl adjacent to an activating group) is 1. The molecule has 1 heterocycles. The molecule has 0 aliphatic carbocycles. The Kier molecular flexibility index (Phi) is 14.4. The van der Waals surface area contributed by atoms with Crippen LogP contribution in [0, 0.1) is 11.6 Å². The van der Waals surface area contributed by atoms with Gasteiger partial charge in [0.25, 0.3) is 0 Å². The average Bonchev–Trinajstić information content (AvgIpc) is 2.98. The van der Waals surface area contributed by atoms with Crippen LogP contribution in [0.1, 0.15) is 19.4 Å². The highest BCUT2D eigenvalue weighted by molar-refractivity contribution is 7.48. The number of aryl methyl sites for hydroxylation is 1. The summed E-state index contributed by atoms with van der Waals surface area (Å²) in [5.41, 5.74) is 0.475. The number of nitrogens with one attached hydrogen (secondary N) is 1. The third-order valence-corrected chi connectivity index (χ3v) is 7.95. The molecular weight excluding hydrogens is 611 g/mol. The smallest absolute Gasteiger partial charge is 0.447 e. The number of halogens is 3. The van der Waals surface area contributed by atoms with Gasteiger partial charge in [-0.25, -0.2) is 23.1 Å². The molecule has 43 heavy (non-hydrogen) atoms. The molecule has 2 aromatic carbocycles. The molecule has 1 atom stereocenters. The van der Waals surface area contributed by atoms with Crippen LogP contribution < -0.4 is 5.32 Å². The highest BCUT2D eigenvalue weighted by atomic mass is 35.5. The van der Waals surface area contributed by atoms with Gasteiger partial charge in [-0.2, -0.15) is 0 Å². The molecule has 1 aromatic heterocycles. The van der Waals surface area contributed by atoms with Gasteiger partial charge in [0.05, 0.1) is 30.9 Å². The number of fused-ring (bicyclic) bond motifs is 1. The number of benzene rings is 2. The number of nitrogens with zero attached hydrogens (tertiary/aromatic N) is 2. The predicted molar refractivity (Wildman–Crippen MR) is 158 cm³/mol. The summed E-state index contributed by atoms with van der Waals surface area (Å²) in [5, 5.41) is 3.63. The van der Waals surface area contributed by atoms with Gasteiger partial charge >= 0.3 is 13.9 Å².